The van der Waals surface area contributed by atoms with Gasteiger partial charge >= 0.3 is 11.9 Å². The van der Waals surface area contributed by atoms with Crippen LogP contribution >= 0.6 is 0 Å². The van der Waals surface area contributed by atoms with Gasteiger partial charge in [0.05, 0.1) is 6.42 Å². The van der Waals surface area contributed by atoms with Crippen LogP contribution in [0.5, 0.6) is 0 Å². The van der Waals surface area contributed by atoms with E-state index >= 15 is 0 Å². The summed E-state index contributed by atoms with van der Waals surface area (Å²) in [6.07, 6.45) is 0.385. The summed E-state index contributed by atoms with van der Waals surface area (Å²) in [7, 11) is 0. The molecule has 1 aliphatic heterocycles. The van der Waals surface area contributed by atoms with Crippen LogP contribution in [-0.2, 0) is 19.1 Å². The largest absolute Gasteiger partial charge is 0.481 e. The molecule has 1 saturated heterocycles. The number of carboxylic acid groups (broad SMARTS) is 2. The predicted molar refractivity (Wildman–Crippen MR) is 60.0 cm³/mol. The Balaban J connectivity index is 2.71. The van der Waals surface area contributed by atoms with Crippen molar-refractivity contribution in [3.63, 3.8) is 0 Å². The summed E-state index contributed by atoms with van der Waals surface area (Å²) in [5.74, 6) is -2.67. The Bertz CT molecular complexity index is 336. The first-order valence-electron chi connectivity index (χ1n) is 5.80. The van der Waals surface area contributed by atoms with Crippen molar-refractivity contribution in [3.8, 4) is 0 Å². The lowest BCUT2D eigenvalue weighted by Crippen LogP contribution is -2.48. The molecule has 1 rings (SSSR count). The molecule has 2 N–H and O–H groups in total. The monoisotopic (exact) mass is 259 g/mol. The van der Waals surface area contributed by atoms with Gasteiger partial charge in [-0.3, -0.25) is 9.59 Å². The fourth-order valence-electron chi connectivity index (χ4n) is 1.80. The Morgan fingerprint density at radius 1 is 1.39 bits per heavy atom. The van der Waals surface area contributed by atoms with Crippen LogP contribution in [0.2, 0.25) is 0 Å². The SMILES string of the molecule is CC(C(=O)O)N(CCC(=O)O)C(=O)C1CCCO1. The normalized spacial score (nSPS) is 20.4. The topological polar surface area (TPSA) is 104 Å². The van der Waals surface area contributed by atoms with Crippen molar-refractivity contribution in [2.24, 2.45) is 0 Å². The fourth-order valence-corrected chi connectivity index (χ4v) is 1.80. The number of hydrogen-bond donors (Lipinski definition) is 2. The van der Waals surface area contributed by atoms with E-state index in [9.17, 15) is 14.4 Å². The predicted octanol–water partition coefficient (Wildman–Crippen LogP) is -0.0582. The molecule has 0 spiro atoms. The number of rotatable bonds is 6. The van der Waals surface area contributed by atoms with Gasteiger partial charge in [-0.2, -0.15) is 0 Å². The lowest BCUT2D eigenvalue weighted by molar-refractivity contribution is -0.155. The molecular weight excluding hydrogens is 242 g/mol. The van der Waals surface area contributed by atoms with Crippen LogP contribution in [0, 0.1) is 0 Å². The highest BCUT2D eigenvalue weighted by molar-refractivity contribution is 5.86. The van der Waals surface area contributed by atoms with E-state index in [1.807, 2.05) is 0 Å². The highest BCUT2D eigenvalue weighted by Crippen LogP contribution is 2.16. The van der Waals surface area contributed by atoms with Gasteiger partial charge in [-0.15, -0.1) is 0 Å². The van der Waals surface area contributed by atoms with Crippen molar-refractivity contribution < 1.29 is 29.3 Å². The molecule has 7 nitrogen and oxygen atoms in total. The molecule has 0 bridgehead atoms. The van der Waals surface area contributed by atoms with Crippen molar-refractivity contribution in [2.45, 2.75) is 38.3 Å². The summed E-state index contributed by atoms with van der Waals surface area (Å²) in [5.41, 5.74) is 0. The molecule has 1 aliphatic rings. The van der Waals surface area contributed by atoms with Gasteiger partial charge in [-0.1, -0.05) is 0 Å². The zero-order valence-electron chi connectivity index (χ0n) is 10.2. The third-order valence-electron chi connectivity index (χ3n) is 2.88. The van der Waals surface area contributed by atoms with Crippen LogP contribution in [0.4, 0.5) is 0 Å². The number of carbonyl (C=O) groups excluding carboxylic acids is 1. The summed E-state index contributed by atoms with van der Waals surface area (Å²) in [4.78, 5) is 34.6. The van der Waals surface area contributed by atoms with E-state index in [0.717, 1.165) is 11.3 Å². The van der Waals surface area contributed by atoms with Crippen LogP contribution in [0.25, 0.3) is 0 Å². The zero-order chi connectivity index (χ0) is 13.7. The average Bonchev–Trinajstić information content (AvgIpc) is 2.81. The molecule has 1 amide bonds. The average molecular weight is 259 g/mol. The third-order valence-corrected chi connectivity index (χ3v) is 2.88. The first kappa shape index (κ1) is 14.4. The number of nitrogens with zero attached hydrogens (tertiary/aromatic N) is 1. The second-order valence-electron chi connectivity index (χ2n) is 4.19. The van der Waals surface area contributed by atoms with E-state index in [0.29, 0.717) is 13.0 Å². The van der Waals surface area contributed by atoms with Crippen LogP contribution in [0.15, 0.2) is 0 Å². The second kappa shape index (κ2) is 6.34. The van der Waals surface area contributed by atoms with Crippen molar-refractivity contribution in [1.29, 1.82) is 0 Å². The molecule has 0 radical (unpaired) electrons. The van der Waals surface area contributed by atoms with Gasteiger partial charge in [-0.05, 0) is 19.8 Å². The van der Waals surface area contributed by atoms with Gasteiger partial charge < -0.3 is 19.8 Å². The van der Waals surface area contributed by atoms with Gasteiger partial charge in [0.1, 0.15) is 12.1 Å². The van der Waals surface area contributed by atoms with Crippen LogP contribution in [0.3, 0.4) is 0 Å². The van der Waals surface area contributed by atoms with Crippen molar-refractivity contribution >= 4 is 17.8 Å². The molecule has 0 saturated carbocycles. The minimum atomic E-state index is -1.16. The number of aliphatic carboxylic acids is 2. The number of hydrogen-bond acceptors (Lipinski definition) is 4. The maximum Gasteiger partial charge on any atom is 0.326 e. The Labute approximate surface area is 104 Å². The molecule has 18 heavy (non-hydrogen) atoms. The first-order chi connectivity index (χ1) is 8.43. The molecular formula is C11H17NO6. The highest BCUT2D eigenvalue weighted by Gasteiger charge is 2.33. The van der Waals surface area contributed by atoms with E-state index in [2.05, 4.69) is 0 Å². The van der Waals surface area contributed by atoms with Gasteiger partial charge in [0.2, 0.25) is 0 Å². The van der Waals surface area contributed by atoms with E-state index in [4.69, 9.17) is 14.9 Å². The molecule has 2 atom stereocenters. The van der Waals surface area contributed by atoms with Gasteiger partial charge in [0, 0.05) is 13.2 Å². The third kappa shape index (κ3) is 3.69. The Kier molecular flexibility index (Phi) is 5.08. The van der Waals surface area contributed by atoms with E-state index in [1.54, 1.807) is 0 Å². The lowest BCUT2D eigenvalue weighted by atomic mass is 10.1. The maximum absolute atomic E-state index is 12.0. The summed E-state index contributed by atoms with van der Waals surface area (Å²) in [6.45, 7) is 1.71. The van der Waals surface area contributed by atoms with Gasteiger partial charge in [-0.25, -0.2) is 4.79 Å². The van der Waals surface area contributed by atoms with Gasteiger partial charge in [0.25, 0.3) is 5.91 Å². The Hall–Kier alpha value is -1.63. The maximum atomic E-state index is 12.0. The quantitative estimate of drug-likeness (QED) is 0.692. The molecule has 2 unspecified atom stereocenters. The summed E-state index contributed by atoms with van der Waals surface area (Å²) >= 11 is 0. The van der Waals surface area contributed by atoms with Crippen molar-refractivity contribution in [3.05, 3.63) is 0 Å². The van der Waals surface area contributed by atoms with Crippen LogP contribution < -0.4 is 0 Å². The number of carboxylic acids is 2. The van der Waals surface area contributed by atoms with Crippen molar-refractivity contribution in [2.75, 3.05) is 13.2 Å². The van der Waals surface area contributed by atoms with E-state index in [-0.39, 0.29) is 13.0 Å². The van der Waals surface area contributed by atoms with E-state index in [1.165, 1.54) is 6.92 Å². The summed E-state index contributed by atoms with van der Waals surface area (Å²) in [6, 6.07) is -1.05. The molecule has 0 aliphatic carbocycles. The lowest BCUT2D eigenvalue weighted by Gasteiger charge is -2.28. The molecule has 0 aromatic heterocycles. The number of amides is 1. The minimum Gasteiger partial charge on any atom is -0.481 e. The highest BCUT2D eigenvalue weighted by atomic mass is 16.5. The first-order valence-corrected chi connectivity index (χ1v) is 5.80. The van der Waals surface area contributed by atoms with Crippen LogP contribution in [0.1, 0.15) is 26.2 Å². The zero-order valence-corrected chi connectivity index (χ0v) is 10.2. The fraction of sp³-hybridized carbons (Fsp3) is 0.727. The summed E-state index contributed by atoms with van der Waals surface area (Å²) < 4.78 is 5.20. The number of ether oxygens (including phenoxy) is 1. The Morgan fingerprint density at radius 3 is 2.50 bits per heavy atom. The standard InChI is InChI=1S/C11H17NO6/c1-7(11(16)17)12(5-4-9(13)14)10(15)8-3-2-6-18-8/h7-8H,2-6H2,1H3,(H,13,14)(H,16,17). The molecule has 102 valence electrons. The second-order valence-corrected chi connectivity index (χ2v) is 4.19. The van der Waals surface area contributed by atoms with E-state index < -0.39 is 30.0 Å². The number of carbonyl (C=O) groups is 3. The van der Waals surface area contributed by atoms with Crippen molar-refractivity contribution in [1.82, 2.24) is 4.90 Å². The molecule has 0 aromatic carbocycles. The Morgan fingerprint density at radius 2 is 2.06 bits per heavy atom. The summed E-state index contributed by atoms with van der Waals surface area (Å²) in [5, 5.41) is 17.5. The van der Waals surface area contributed by atoms with Gasteiger partial charge in [0.15, 0.2) is 0 Å². The molecule has 1 fully saturated rings. The van der Waals surface area contributed by atoms with Crippen LogP contribution in [-0.4, -0.2) is 58.3 Å². The smallest absolute Gasteiger partial charge is 0.326 e. The molecule has 7 heteroatoms. The molecule has 1 heterocycles. The molecule has 0 aromatic rings. The minimum absolute atomic E-state index is 0.124.